The third-order valence-corrected chi connectivity index (χ3v) is 3.67. The van der Waals surface area contributed by atoms with Gasteiger partial charge in [-0.2, -0.15) is 0 Å². The summed E-state index contributed by atoms with van der Waals surface area (Å²) in [7, 11) is 3.11. The first kappa shape index (κ1) is 13.7. The molecule has 0 radical (unpaired) electrons. The van der Waals surface area contributed by atoms with Gasteiger partial charge in [0.2, 0.25) is 0 Å². The largest absolute Gasteiger partial charge is 0.497 e. The summed E-state index contributed by atoms with van der Waals surface area (Å²) in [6.07, 6.45) is 2.16. The topological polar surface area (TPSA) is 73.6 Å². The van der Waals surface area contributed by atoms with E-state index in [2.05, 4.69) is 5.32 Å². The van der Waals surface area contributed by atoms with Gasteiger partial charge in [-0.1, -0.05) is 0 Å². The lowest BCUT2D eigenvalue weighted by molar-refractivity contribution is 0.0942. The molecule has 1 amide bonds. The van der Waals surface area contributed by atoms with E-state index in [-0.39, 0.29) is 11.3 Å². The van der Waals surface area contributed by atoms with Crippen LogP contribution in [-0.4, -0.2) is 33.2 Å². The van der Waals surface area contributed by atoms with Crippen molar-refractivity contribution in [3.05, 3.63) is 23.8 Å². The van der Waals surface area contributed by atoms with Crippen LogP contribution in [0.1, 0.15) is 23.2 Å². The van der Waals surface area contributed by atoms with Crippen LogP contribution < -0.4 is 20.5 Å². The van der Waals surface area contributed by atoms with Crippen molar-refractivity contribution in [2.75, 3.05) is 27.3 Å². The molecule has 0 heterocycles. The molecular formula is C14H20N2O3. The first-order valence-electron chi connectivity index (χ1n) is 6.34. The number of carbonyl (C=O) groups excluding carboxylic acids is 1. The number of rotatable bonds is 6. The van der Waals surface area contributed by atoms with E-state index in [1.54, 1.807) is 32.4 Å². The Bertz CT molecular complexity index is 470. The van der Waals surface area contributed by atoms with Gasteiger partial charge in [0.1, 0.15) is 11.5 Å². The molecule has 2 rings (SSSR count). The molecule has 1 aromatic rings. The summed E-state index contributed by atoms with van der Waals surface area (Å²) < 4.78 is 10.3. The summed E-state index contributed by atoms with van der Waals surface area (Å²) in [5.41, 5.74) is 6.29. The van der Waals surface area contributed by atoms with Crippen molar-refractivity contribution in [1.29, 1.82) is 0 Å². The lowest BCUT2D eigenvalue weighted by atomic mass is 10.1. The number of methoxy groups -OCH3 is 2. The van der Waals surface area contributed by atoms with Crippen LogP contribution in [-0.2, 0) is 0 Å². The molecular weight excluding hydrogens is 244 g/mol. The zero-order valence-corrected chi connectivity index (χ0v) is 11.4. The van der Waals surface area contributed by atoms with Gasteiger partial charge in [-0.15, -0.1) is 0 Å². The van der Waals surface area contributed by atoms with Gasteiger partial charge in [0.15, 0.2) is 0 Å². The number of nitrogens with two attached hydrogens (primary N) is 1. The Balaban J connectivity index is 2.08. The van der Waals surface area contributed by atoms with Crippen LogP contribution in [0.4, 0.5) is 0 Å². The summed E-state index contributed by atoms with van der Waals surface area (Å²) in [6.45, 7) is 1.23. The van der Waals surface area contributed by atoms with E-state index in [0.29, 0.717) is 30.2 Å². The zero-order chi connectivity index (χ0) is 13.9. The number of hydrogen-bond acceptors (Lipinski definition) is 4. The van der Waals surface area contributed by atoms with Gasteiger partial charge in [0.05, 0.1) is 19.8 Å². The Labute approximate surface area is 113 Å². The van der Waals surface area contributed by atoms with Crippen molar-refractivity contribution < 1.29 is 14.3 Å². The Morgan fingerprint density at radius 2 is 2.11 bits per heavy atom. The maximum Gasteiger partial charge on any atom is 0.255 e. The molecule has 104 valence electrons. The van der Waals surface area contributed by atoms with Crippen molar-refractivity contribution in [3.63, 3.8) is 0 Å². The van der Waals surface area contributed by atoms with Gasteiger partial charge >= 0.3 is 0 Å². The Morgan fingerprint density at radius 1 is 1.37 bits per heavy atom. The van der Waals surface area contributed by atoms with Crippen LogP contribution in [0.15, 0.2) is 18.2 Å². The fourth-order valence-electron chi connectivity index (χ4n) is 1.98. The number of carbonyl (C=O) groups is 1. The smallest absolute Gasteiger partial charge is 0.255 e. The zero-order valence-electron chi connectivity index (χ0n) is 11.4. The minimum Gasteiger partial charge on any atom is -0.497 e. The number of nitrogens with one attached hydrogen (secondary N) is 1. The quantitative estimate of drug-likeness (QED) is 0.809. The lowest BCUT2D eigenvalue weighted by Crippen LogP contribution is -2.34. The van der Waals surface area contributed by atoms with Crippen LogP contribution in [0.2, 0.25) is 0 Å². The summed E-state index contributed by atoms with van der Waals surface area (Å²) in [6, 6.07) is 5.16. The van der Waals surface area contributed by atoms with Gasteiger partial charge in [-0.05, 0) is 37.6 Å². The Kier molecular flexibility index (Phi) is 3.95. The molecule has 5 nitrogen and oxygen atoms in total. The first-order chi connectivity index (χ1) is 9.14. The number of benzene rings is 1. The summed E-state index contributed by atoms with van der Waals surface area (Å²) in [4.78, 5) is 12.2. The maximum absolute atomic E-state index is 12.2. The predicted molar refractivity (Wildman–Crippen MR) is 72.6 cm³/mol. The molecule has 1 saturated carbocycles. The minimum absolute atomic E-state index is 0.113. The summed E-state index contributed by atoms with van der Waals surface area (Å²) in [5.74, 6) is 1.01. The van der Waals surface area contributed by atoms with E-state index in [1.165, 1.54) is 0 Å². The van der Waals surface area contributed by atoms with Crippen molar-refractivity contribution >= 4 is 5.91 Å². The third-order valence-electron chi connectivity index (χ3n) is 3.67. The molecule has 5 heteroatoms. The average Bonchev–Trinajstić information content (AvgIpc) is 3.24. The van der Waals surface area contributed by atoms with E-state index in [0.717, 1.165) is 12.8 Å². The second kappa shape index (κ2) is 5.48. The molecule has 0 aromatic heterocycles. The normalized spacial score (nSPS) is 15.7. The van der Waals surface area contributed by atoms with Gasteiger partial charge in [0, 0.05) is 12.0 Å². The highest BCUT2D eigenvalue weighted by molar-refractivity contribution is 5.97. The molecule has 1 aliphatic rings. The minimum atomic E-state index is -0.157. The van der Waals surface area contributed by atoms with E-state index >= 15 is 0 Å². The van der Waals surface area contributed by atoms with Crippen LogP contribution in [0, 0.1) is 5.41 Å². The van der Waals surface area contributed by atoms with Gasteiger partial charge in [0.25, 0.3) is 5.91 Å². The number of amides is 1. The fourth-order valence-corrected chi connectivity index (χ4v) is 1.98. The monoisotopic (exact) mass is 264 g/mol. The van der Waals surface area contributed by atoms with E-state index in [9.17, 15) is 4.79 Å². The van der Waals surface area contributed by atoms with E-state index in [1.807, 2.05) is 0 Å². The van der Waals surface area contributed by atoms with Crippen LogP contribution in [0.25, 0.3) is 0 Å². The van der Waals surface area contributed by atoms with E-state index in [4.69, 9.17) is 15.2 Å². The predicted octanol–water partition coefficient (Wildman–Crippen LogP) is 1.17. The summed E-state index contributed by atoms with van der Waals surface area (Å²) in [5, 5.41) is 2.92. The molecule has 0 atom stereocenters. The Hall–Kier alpha value is -1.75. The lowest BCUT2D eigenvalue weighted by Gasteiger charge is -2.15. The van der Waals surface area contributed by atoms with Crippen LogP contribution in [0.5, 0.6) is 11.5 Å². The molecule has 1 aliphatic carbocycles. The number of ether oxygens (including phenoxy) is 2. The average molecular weight is 264 g/mol. The van der Waals surface area contributed by atoms with Crippen LogP contribution in [0.3, 0.4) is 0 Å². The molecule has 0 aliphatic heterocycles. The fraction of sp³-hybridized carbons (Fsp3) is 0.500. The highest BCUT2D eigenvalue weighted by Gasteiger charge is 2.41. The Morgan fingerprint density at radius 3 is 2.63 bits per heavy atom. The van der Waals surface area contributed by atoms with Crippen molar-refractivity contribution in [2.24, 2.45) is 11.1 Å². The SMILES string of the molecule is COc1ccc(OC)c(C(=O)NCC2(CN)CC2)c1. The highest BCUT2D eigenvalue weighted by Crippen LogP contribution is 2.43. The van der Waals surface area contributed by atoms with E-state index < -0.39 is 0 Å². The third kappa shape index (κ3) is 2.98. The number of hydrogen-bond donors (Lipinski definition) is 2. The van der Waals surface area contributed by atoms with Gasteiger partial charge < -0.3 is 20.5 Å². The standard InChI is InChI=1S/C14H20N2O3/c1-18-10-3-4-12(19-2)11(7-10)13(17)16-9-14(8-15)5-6-14/h3-4,7H,5-6,8-9,15H2,1-2H3,(H,16,17). The van der Waals surface area contributed by atoms with Crippen molar-refractivity contribution in [1.82, 2.24) is 5.32 Å². The summed E-state index contributed by atoms with van der Waals surface area (Å²) >= 11 is 0. The highest BCUT2D eigenvalue weighted by atomic mass is 16.5. The molecule has 0 bridgehead atoms. The molecule has 1 fully saturated rings. The molecule has 3 N–H and O–H groups in total. The second-order valence-electron chi connectivity index (χ2n) is 4.95. The van der Waals surface area contributed by atoms with Crippen molar-refractivity contribution in [3.8, 4) is 11.5 Å². The van der Waals surface area contributed by atoms with Gasteiger partial charge in [-0.25, -0.2) is 0 Å². The van der Waals surface area contributed by atoms with Crippen LogP contribution >= 0.6 is 0 Å². The molecule has 1 aromatic carbocycles. The molecule has 0 unspecified atom stereocenters. The molecule has 19 heavy (non-hydrogen) atoms. The molecule has 0 spiro atoms. The second-order valence-corrected chi connectivity index (χ2v) is 4.95. The van der Waals surface area contributed by atoms with Gasteiger partial charge in [-0.3, -0.25) is 4.79 Å². The van der Waals surface area contributed by atoms with Crippen molar-refractivity contribution in [2.45, 2.75) is 12.8 Å². The maximum atomic E-state index is 12.2. The molecule has 0 saturated heterocycles. The first-order valence-corrected chi connectivity index (χ1v) is 6.34.